The highest BCUT2D eigenvalue weighted by molar-refractivity contribution is 9.10. The molecule has 0 fully saturated rings. The zero-order valence-electron chi connectivity index (χ0n) is 13.1. The molecule has 0 aliphatic heterocycles. The molecular formula is C18H23BrN2. The Bertz CT molecular complexity index is 692. The van der Waals surface area contributed by atoms with Crippen molar-refractivity contribution in [2.45, 2.75) is 52.9 Å². The predicted molar refractivity (Wildman–Crippen MR) is 94.3 cm³/mol. The van der Waals surface area contributed by atoms with E-state index in [1.165, 1.54) is 57.2 Å². The van der Waals surface area contributed by atoms with E-state index in [1.54, 1.807) is 0 Å². The lowest BCUT2D eigenvalue weighted by Gasteiger charge is -2.19. The van der Waals surface area contributed by atoms with E-state index in [4.69, 9.17) is 4.98 Å². The lowest BCUT2D eigenvalue weighted by Crippen LogP contribution is -2.07. The van der Waals surface area contributed by atoms with Crippen LogP contribution in [-0.2, 0) is 12.8 Å². The SMILES string of the molecule is CCNc1c2c(nc3cc(C)c(Br)c(C)c13)CCCCC2. The minimum Gasteiger partial charge on any atom is -0.384 e. The van der Waals surface area contributed by atoms with Crippen LogP contribution in [0.3, 0.4) is 0 Å². The molecule has 0 spiro atoms. The average molecular weight is 347 g/mol. The van der Waals surface area contributed by atoms with Crippen LogP contribution in [0.15, 0.2) is 10.5 Å². The molecule has 0 unspecified atom stereocenters. The Morgan fingerprint density at radius 2 is 1.95 bits per heavy atom. The maximum Gasteiger partial charge on any atom is 0.0732 e. The minimum absolute atomic E-state index is 0.955. The fraction of sp³-hybridized carbons (Fsp3) is 0.500. The Labute approximate surface area is 135 Å². The van der Waals surface area contributed by atoms with Gasteiger partial charge in [-0.05, 0) is 69.2 Å². The number of nitrogens with one attached hydrogen (secondary N) is 1. The molecule has 0 atom stereocenters. The zero-order chi connectivity index (χ0) is 15.0. The van der Waals surface area contributed by atoms with Crippen molar-refractivity contribution in [3.63, 3.8) is 0 Å². The van der Waals surface area contributed by atoms with Crippen LogP contribution in [0.5, 0.6) is 0 Å². The second kappa shape index (κ2) is 5.96. The molecule has 1 aromatic carbocycles. The first-order valence-electron chi connectivity index (χ1n) is 7.98. The summed E-state index contributed by atoms with van der Waals surface area (Å²) in [4.78, 5) is 5.02. The number of hydrogen-bond donors (Lipinski definition) is 1. The van der Waals surface area contributed by atoms with Crippen LogP contribution >= 0.6 is 15.9 Å². The van der Waals surface area contributed by atoms with E-state index < -0.39 is 0 Å². The third-order valence-corrected chi connectivity index (χ3v) is 5.73. The van der Waals surface area contributed by atoms with Gasteiger partial charge in [-0.15, -0.1) is 0 Å². The van der Waals surface area contributed by atoms with Gasteiger partial charge in [-0.1, -0.05) is 22.4 Å². The Kier molecular flexibility index (Phi) is 4.21. The fourth-order valence-corrected chi connectivity index (χ4v) is 3.78. The summed E-state index contributed by atoms with van der Waals surface area (Å²) >= 11 is 3.74. The molecule has 0 saturated heterocycles. The molecule has 3 rings (SSSR count). The molecule has 0 amide bonds. The Balaban J connectivity index is 2.37. The summed E-state index contributed by atoms with van der Waals surface area (Å²) < 4.78 is 1.21. The average Bonchev–Trinajstić information content (AvgIpc) is 2.70. The summed E-state index contributed by atoms with van der Waals surface area (Å²) in [5.41, 5.74) is 7.82. The van der Waals surface area contributed by atoms with Crippen molar-refractivity contribution < 1.29 is 0 Å². The van der Waals surface area contributed by atoms with Gasteiger partial charge in [0.15, 0.2) is 0 Å². The van der Waals surface area contributed by atoms with Gasteiger partial charge >= 0.3 is 0 Å². The van der Waals surface area contributed by atoms with Crippen molar-refractivity contribution in [1.82, 2.24) is 4.98 Å². The monoisotopic (exact) mass is 346 g/mol. The number of nitrogens with zero attached hydrogens (tertiary/aromatic N) is 1. The third-order valence-electron chi connectivity index (χ3n) is 4.51. The van der Waals surface area contributed by atoms with E-state index in [0.717, 1.165) is 24.9 Å². The van der Waals surface area contributed by atoms with Gasteiger partial charge in [0.2, 0.25) is 0 Å². The topological polar surface area (TPSA) is 24.9 Å². The Hall–Kier alpha value is -1.09. The minimum atomic E-state index is 0.955. The molecule has 2 aromatic rings. The summed E-state index contributed by atoms with van der Waals surface area (Å²) in [6.07, 6.45) is 6.15. The second-order valence-corrected chi connectivity index (χ2v) is 6.82. The number of halogens is 1. The summed E-state index contributed by atoms with van der Waals surface area (Å²) in [5, 5.41) is 4.93. The molecule has 3 heteroatoms. The zero-order valence-corrected chi connectivity index (χ0v) is 14.7. The lowest BCUT2D eigenvalue weighted by atomic mass is 9.97. The molecule has 112 valence electrons. The van der Waals surface area contributed by atoms with Crippen LogP contribution in [0.2, 0.25) is 0 Å². The van der Waals surface area contributed by atoms with E-state index >= 15 is 0 Å². The van der Waals surface area contributed by atoms with Crippen LogP contribution < -0.4 is 5.32 Å². The van der Waals surface area contributed by atoms with Crippen molar-refractivity contribution in [2.75, 3.05) is 11.9 Å². The molecule has 0 radical (unpaired) electrons. The van der Waals surface area contributed by atoms with Gasteiger partial charge in [-0.2, -0.15) is 0 Å². The van der Waals surface area contributed by atoms with Crippen LogP contribution in [0.1, 0.15) is 48.6 Å². The number of hydrogen-bond acceptors (Lipinski definition) is 2. The summed E-state index contributed by atoms with van der Waals surface area (Å²) in [6, 6.07) is 2.22. The van der Waals surface area contributed by atoms with Crippen LogP contribution in [-0.4, -0.2) is 11.5 Å². The standard InChI is InChI=1S/C18H23BrN2/c1-4-20-18-13-8-6-5-7-9-14(13)21-15-10-11(2)17(19)12(3)16(15)18/h10H,4-9H2,1-3H3,(H,20,21). The first kappa shape index (κ1) is 14.8. The number of benzene rings is 1. The molecular weight excluding hydrogens is 324 g/mol. The van der Waals surface area contributed by atoms with Gasteiger partial charge in [0, 0.05) is 27.8 Å². The number of anilines is 1. The van der Waals surface area contributed by atoms with Gasteiger partial charge in [0.1, 0.15) is 0 Å². The molecule has 1 aliphatic rings. The summed E-state index contributed by atoms with van der Waals surface area (Å²) in [7, 11) is 0. The van der Waals surface area contributed by atoms with Crippen molar-refractivity contribution >= 4 is 32.5 Å². The quantitative estimate of drug-likeness (QED) is 0.744. The van der Waals surface area contributed by atoms with Crippen molar-refractivity contribution in [3.8, 4) is 0 Å². The molecule has 0 saturated carbocycles. The van der Waals surface area contributed by atoms with Gasteiger partial charge in [0.05, 0.1) is 5.52 Å². The number of pyridine rings is 1. The second-order valence-electron chi connectivity index (χ2n) is 6.03. The number of fused-ring (bicyclic) bond motifs is 2. The predicted octanol–water partition coefficient (Wildman–Crippen LogP) is 5.31. The highest BCUT2D eigenvalue weighted by Crippen LogP contribution is 2.38. The molecule has 2 nitrogen and oxygen atoms in total. The summed E-state index contributed by atoms with van der Waals surface area (Å²) in [5.74, 6) is 0. The summed E-state index contributed by atoms with van der Waals surface area (Å²) in [6.45, 7) is 7.48. The Morgan fingerprint density at radius 1 is 1.19 bits per heavy atom. The normalized spacial score (nSPS) is 14.9. The van der Waals surface area contributed by atoms with Gasteiger partial charge < -0.3 is 5.32 Å². The highest BCUT2D eigenvalue weighted by Gasteiger charge is 2.19. The molecule has 1 aromatic heterocycles. The highest BCUT2D eigenvalue weighted by atomic mass is 79.9. The van der Waals surface area contributed by atoms with E-state index in [9.17, 15) is 0 Å². The smallest absolute Gasteiger partial charge is 0.0732 e. The lowest BCUT2D eigenvalue weighted by molar-refractivity contribution is 0.709. The van der Waals surface area contributed by atoms with E-state index in [0.29, 0.717) is 0 Å². The molecule has 1 heterocycles. The Morgan fingerprint density at radius 3 is 2.71 bits per heavy atom. The largest absolute Gasteiger partial charge is 0.384 e. The number of rotatable bonds is 2. The van der Waals surface area contributed by atoms with Crippen LogP contribution in [0, 0.1) is 13.8 Å². The van der Waals surface area contributed by atoms with Gasteiger partial charge in [-0.25, -0.2) is 0 Å². The van der Waals surface area contributed by atoms with E-state index in [2.05, 4.69) is 48.1 Å². The maximum absolute atomic E-state index is 5.02. The first-order chi connectivity index (χ1) is 10.1. The van der Waals surface area contributed by atoms with Gasteiger partial charge in [-0.3, -0.25) is 4.98 Å². The van der Waals surface area contributed by atoms with Crippen molar-refractivity contribution in [2.24, 2.45) is 0 Å². The molecule has 1 N–H and O–H groups in total. The third kappa shape index (κ3) is 2.57. The van der Waals surface area contributed by atoms with E-state index in [-0.39, 0.29) is 0 Å². The molecule has 21 heavy (non-hydrogen) atoms. The van der Waals surface area contributed by atoms with Crippen LogP contribution in [0.4, 0.5) is 5.69 Å². The first-order valence-corrected chi connectivity index (χ1v) is 8.77. The van der Waals surface area contributed by atoms with Crippen molar-refractivity contribution in [3.05, 3.63) is 32.9 Å². The van der Waals surface area contributed by atoms with Crippen LogP contribution in [0.25, 0.3) is 10.9 Å². The van der Waals surface area contributed by atoms with E-state index in [1.807, 2.05) is 0 Å². The van der Waals surface area contributed by atoms with Crippen molar-refractivity contribution in [1.29, 1.82) is 0 Å². The maximum atomic E-state index is 5.02. The number of aromatic nitrogens is 1. The number of aryl methyl sites for hydroxylation is 3. The molecule has 0 bridgehead atoms. The van der Waals surface area contributed by atoms with Gasteiger partial charge in [0.25, 0.3) is 0 Å². The molecule has 1 aliphatic carbocycles. The fourth-order valence-electron chi connectivity index (χ4n) is 3.47.